The van der Waals surface area contributed by atoms with E-state index in [-0.39, 0.29) is 5.41 Å². The van der Waals surface area contributed by atoms with Crippen molar-refractivity contribution in [3.05, 3.63) is 29.8 Å². The third-order valence-electron chi connectivity index (χ3n) is 4.92. The summed E-state index contributed by atoms with van der Waals surface area (Å²) in [6.07, 6.45) is 2.52. The van der Waals surface area contributed by atoms with Crippen LogP contribution in [-0.4, -0.2) is 30.6 Å². The van der Waals surface area contributed by atoms with Crippen molar-refractivity contribution >= 4 is 0 Å². The maximum absolute atomic E-state index is 5.53. The third-order valence-corrected chi connectivity index (χ3v) is 4.92. The first-order valence-electron chi connectivity index (χ1n) is 8.12. The molecule has 1 aliphatic rings. The van der Waals surface area contributed by atoms with Gasteiger partial charge in [-0.1, -0.05) is 32.0 Å². The highest BCUT2D eigenvalue weighted by Gasteiger charge is 2.35. The van der Waals surface area contributed by atoms with Crippen LogP contribution in [0.3, 0.4) is 0 Å². The first kappa shape index (κ1) is 16.4. The lowest BCUT2D eigenvalue weighted by Crippen LogP contribution is -2.55. The Hall–Kier alpha value is -1.02. The highest BCUT2D eigenvalue weighted by atomic mass is 16.5. The van der Waals surface area contributed by atoms with E-state index in [0.29, 0.717) is 5.54 Å². The molecule has 0 saturated carbocycles. The van der Waals surface area contributed by atoms with E-state index in [0.717, 1.165) is 11.7 Å². The minimum absolute atomic E-state index is 0.175. The van der Waals surface area contributed by atoms with Crippen molar-refractivity contribution in [2.24, 2.45) is 5.92 Å². The van der Waals surface area contributed by atoms with E-state index in [9.17, 15) is 0 Å². The maximum atomic E-state index is 5.53. The van der Waals surface area contributed by atoms with Gasteiger partial charge in [0, 0.05) is 18.6 Å². The molecule has 1 aromatic carbocycles. The third kappa shape index (κ3) is 3.79. The molecule has 2 heteroatoms. The summed E-state index contributed by atoms with van der Waals surface area (Å²) in [5.74, 6) is 1.88. The zero-order chi connectivity index (χ0) is 15.7. The van der Waals surface area contributed by atoms with E-state index in [1.165, 1.54) is 31.5 Å². The molecule has 0 N–H and O–H groups in total. The fourth-order valence-corrected chi connectivity index (χ4v) is 3.20. The van der Waals surface area contributed by atoms with E-state index in [1.54, 1.807) is 7.11 Å². The van der Waals surface area contributed by atoms with Crippen molar-refractivity contribution in [1.82, 2.24) is 4.90 Å². The van der Waals surface area contributed by atoms with E-state index in [1.807, 2.05) is 6.07 Å². The Labute approximate surface area is 130 Å². The lowest BCUT2D eigenvalue weighted by Gasteiger charge is -2.48. The molecule has 0 amide bonds. The van der Waals surface area contributed by atoms with E-state index >= 15 is 0 Å². The number of hydrogen-bond donors (Lipinski definition) is 0. The summed E-state index contributed by atoms with van der Waals surface area (Å²) in [5, 5.41) is 0. The second-order valence-corrected chi connectivity index (χ2v) is 8.06. The van der Waals surface area contributed by atoms with Crippen LogP contribution in [0.25, 0.3) is 0 Å². The number of nitrogens with zero attached hydrogens (tertiary/aromatic N) is 1. The van der Waals surface area contributed by atoms with Crippen molar-refractivity contribution in [2.75, 3.05) is 20.2 Å². The Kier molecular flexibility index (Phi) is 4.67. The minimum atomic E-state index is 0.175. The van der Waals surface area contributed by atoms with Crippen LogP contribution in [-0.2, 0) is 5.41 Å². The van der Waals surface area contributed by atoms with Gasteiger partial charge in [-0.15, -0.1) is 0 Å². The van der Waals surface area contributed by atoms with Crippen LogP contribution in [0.2, 0.25) is 0 Å². The van der Waals surface area contributed by atoms with Gasteiger partial charge < -0.3 is 4.74 Å². The number of methoxy groups -OCH3 is 1. The van der Waals surface area contributed by atoms with Gasteiger partial charge >= 0.3 is 0 Å². The van der Waals surface area contributed by atoms with E-state index in [2.05, 4.69) is 57.7 Å². The minimum Gasteiger partial charge on any atom is -0.496 e. The Bertz CT molecular complexity index is 467. The molecule has 118 valence electrons. The molecule has 1 aromatic rings. The summed E-state index contributed by atoms with van der Waals surface area (Å²) < 4.78 is 5.53. The lowest BCUT2D eigenvalue weighted by atomic mass is 9.76. The Morgan fingerprint density at radius 2 is 1.71 bits per heavy atom. The molecule has 0 unspecified atom stereocenters. The summed E-state index contributed by atoms with van der Waals surface area (Å²) in [6, 6.07) is 8.44. The van der Waals surface area contributed by atoms with Gasteiger partial charge in [0.2, 0.25) is 0 Å². The summed E-state index contributed by atoms with van der Waals surface area (Å²) in [5.41, 5.74) is 1.84. The SMILES string of the molecule is COc1ccccc1C(C)(C)CCC1CN(C(C)(C)C)C1. The van der Waals surface area contributed by atoms with Crippen LogP contribution < -0.4 is 4.74 Å². The Morgan fingerprint density at radius 1 is 1.10 bits per heavy atom. The largest absolute Gasteiger partial charge is 0.496 e. The monoisotopic (exact) mass is 289 g/mol. The second-order valence-electron chi connectivity index (χ2n) is 8.06. The molecule has 1 saturated heterocycles. The van der Waals surface area contributed by atoms with Crippen LogP contribution in [0.1, 0.15) is 53.0 Å². The number of para-hydroxylation sites is 1. The predicted octanol–water partition coefficient (Wildman–Crippen LogP) is 4.48. The van der Waals surface area contributed by atoms with E-state index < -0.39 is 0 Å². The number of benzene rings is 1. The van der Waals surface area contributed by atoms with Crippen molar-refractivity contribution < 1.29 is 4.74 Å². The number of hydrogen-bond acceptors (Lipinski definition) is 2. The zero-order valence-corrected chi connectivity index (χ0v) is 14.6. The van der Waals surface area contributed by atoms with Gasteiger partial charge in [0.05, 0.1) is 7.11 Å². The molecule has 2 rings (SSSR count). The predicted molar refractivity (Wildman–Crippen MR) is 90.1 cm³/mol. The molecule has 0 radical (unpaired) electrons. The lowest BCUT2D eigenvalue weighted by molar-refractivity contribution is 0.00771. The summed E-state index contributed by atoms with van der Waals surface area (Å²) in [4.78, 5) is 2.58. The van der Waals surface area contributed by atoms with Crippen LogP contribution in [0, 0.1) is 5.92 Å². The fraction of sp³-hybridized carbons (Fsp3) is 0.684. The fourth-order valence-electron chi connectivity index (χ4n) is 3.20. The molecule has 0 atom stereocenters. The first-order valence-corrected chi connectivity index (χ1v) is 8.12. The van der Waals surface area contributed by atoms with E-state index in [4.69, 9.17) is 4.74 Å². The molecule has 2 nitrogen and oxygen atoms in total. The van der Waals surface area contributed by atoms with Crippen LogP contribution in [0.4, 0.5) is 0 Å². The van der Waals surface area contributed by atoms with Gasteiger partial charge in [0.1, 0.15) is 5.75 Å². The standard InChI is InChI=1S/C19H31NO/c1-18(2,3)20-13-15(14-20)11-12-19(4,5)16-9-7-8-10-17(16)21-6/h7-10,15H,11-14H2,1-6H3. The summed E-state index contributed by atoms with van der Waals surface area (Å²) in [7, 11) is 1.77. The van der Waals surface area contributed by atoms with Gasteiger partial charge in [-0.25, -0.2) is 0 Å². The molecule has 0 spiro atoms. The van der Waals surface area contributed by atoms with Crippen molar-refractivity contribution in [2.45, 2.75) is 58.4 Å². The normalized spacial score (nSPS) is 17.6. The van der Waals surface area contributed by atoms with Gasteiger partial charge in [0.15, 0.2) is 0 Å². The van der Waals surface area contributed by atoms with Crippen molar-refractivity contribution in [3.63, 3.8) is 0 Å². The average Bonchev–Trinajstić information content (AvgIpc) is 2.35. The Morgan fingerprint density at radius 3 is 2.29 bits per heavy atom. The molecule has 1 heterocycles. The van der Waals surface area contributed by atoms with Crippen LogP contribution in [0.15, 0.2) is 24.3 Å². The molecular formula is C19H31NO. The van der Waals surface area contributed by atoms with Crippen molar-refractivity contribution in [3.8, 4) is 5.75 Å². The topological polar surface area (TPSA) is 12.5 Å². The van der Waals surface area contributed by atoms with Gasteiger partial charge in [-0.2, -0.15) is 0 Å². The maximum Gasteiger partial charge on any atom is 0.122 e. The average molecular weight is 289 g/mol. The molecule has 0 bridgehead atoms. The molecule has 0 aromatic heterocycles. The van der Waals surface area contributed by atoms with Crippen LogP contribution >= 0.6 is 0 Å². The smallest absolute Gasteiger partial charge is 0.122 e. The molecule has 1 aliphatic heterocycles. The quantitative estimate of drug-likeness (QED) is 0.792. The molecule has 0 aliphatic carbocycles. The number of ether oxygens (including phenoxy) is 1. The highest BCUT2D eigenvalue weighted by molar-refractivity contribution is 5.38. The summed E-state index contributed by atoms with van der Waals surface area (Å²) in [6.45, 7) is 14.1. The molecule has 1 fully saturated rings. The van der Waals surface area contributed by atoms with Crippen molar-refractivity contribution in [1.29, 1.82) is 0 Å². The molecular weight excluding hydrogens is 258 g/mol. The summed E-state index contributed by atoms with van der Waals surface area (Å²) >= 11 is 0. The number of likely N-dealkylation sites (tertiary alicyclic amines) is 1. The zero-order valence-electron chi connectivity index (χ0n) is 14.6. The van der Waals surface area contributed by atoms with Gasteiger partial charge in [-0.05, 0) is 56.6 Å². The first-order chi connectivity index (χ1) is 9.74. The highest BCUT2D eigenvalue weighted by Crippen LogP contribution is 2.37. The van der Waals surface area contributed by atoms with Gasteiger partial charge in [0.25, 0.3) is 0 Å². The van der Waals surface area contributed by atoms with Gasteiger partial charge in [-0.3, -0.25) is 4.90 Å². The number of rotatable bonds is 5. The van der Waals surface area contributed by atoms with Crippen LogP contribution in [0.5, 0.6) is 5.75 Å². The second kappa shape index (κ2) is 6.00. The molecule has 21 heavy (non-hydrogen) atoms. The Balaban J connectivity index is 1.91.